The summed E-state index contributed by atoms with van der Waals surface area (Å²) in [6.07, 6.45) is 16.9. The van der Waals surface area contributed by atoms with E-state index in [2.05, 4.69) is 66.1 Å². The number of benzene rings is 1. The molecule has 0 saturated carbocycles. The third-order valence-electron chi connectivity index (χ3n) is 5.94. The zero-order chi connectivity index (χ0) is 25.5. The first-order valence-electron chi connectivity index (χ1n) is 12.7. The molecule has 0 spiro atoms. The van der Waals surface area contributed by atoms with E-state index < -0.39 is 0 Å². The van der Waals surface area contributed by atoms with Crippen LogP contribution in [0.25, 0.3) is 5.57 Å². The molecular formula is C30H41FN4. The van der Waals surface area contributed by atoms with E-state index >= 15 is 0 Å². The fourth-order valence-electron chi connectivity index (χ4n) is 4.14. The molecule has 0 atom stereocenters. The standard InChI is InChI=1S/C23H31FN2.C7H10N2/c1-5-7-8-11-18(3)23(19(4)26-16-14-25-15-17-26)20(6-2)21-12-9-10-13-22(21)24;1-2-3-7-4-8-6-9-5-7/h6-13,25H,5,14-17H2,1-4H3;4-6H,2-3H2,1H3/b8-7+,18-11-,20-6-,23-19-;. The van der Waals surface area contributed by atoms with Crippen molar-refractivity contribution in [3.05, 3.63) is 101 Å². The molecule has 5 heteroatoms. The average molecular weight is 477 g/mol. The molecule has 0 aliphatic carbocycles. The molecule has 4 nitrogen and oxygen atoms in total. The molecular weight excluding hydrogens is 435 g/mol. The van der Waals surface area contributed by atoms with Crippen LogP contribution in [0, 0.1) is 5.82 Å². The van der Waals surface area contributed by atoms with Crippen LogP contribution in [0.1, 0.15) is 58.6 Å². The minimum absolute atomic E-state index is 0.178. The number of aromatic nitrogens is 2. The van der Waals surface area contributed by atoms with Crippen LogP contribution in [0.2, 0.25) is 0 Å². The van der Waals surface area contributed by atoms with Crippen LogP contribution in [0.3, 0.4) is 0 Å². The van der Waals surface area contributed by atoms with Crippen molar-refractivity contribution in [2.45, 2.75) is 53.9 Å². The van der Waals surface area contributed by atoms with Gasteiger partial charge in [0, 0.05) is 55.4 Å². The minimum Gasteiger partial charge on any atom is -0.372 e. The van der Waals surface area contributed by atoms with Crippen LogP contribution in [-0.2, 0) is 6.42 Å². The quantitative estimate of drug-likeness (QED) is 0.428. The summed E-state index contributed by atoms with van der Waals surface area (Å²) in [5.41, 5.74) is 6.33. The van der Waals surface area contributed by atoms with Gasteiger partial charge in [-0.25, -0.2) is 14.4 Å². The maximum atomic E-state index is 14.5. The van der Waals surface area contributed by atoms with Crippen LogP contribution in [-0.4, -0.2) is 41.0 Å². The van der Waals surface area contributed by atoms with Gasteiger partial charge in [-0.05, 0) is 56.4 Å². The lowest BCUT2D eigenvalue weighted by atomic mass is 9.90. The first-order chi connectivity index (χ1) is 17.0. The predicted molar refractivity (Wildman–Crippen MR) is 146 cm³/mol. The summed E-state index contributed by atoms with van der Waals surface area (Å²) < 4.78 is 14.5. The van der Waals surface area contributed by atoms with E-state index in [-0.39, 0.29) is 5.82 Å². The van der Waals surface area contributed by atoms with Crippen molar-refractivity contribution in [2.24, 2.45) is 0 Å². The molecule has 0 amide bonds. The topological polar surface area (TPSA) is 41.1 Å². The van der Waals surface area contributed by atoms with Crippen LogP contribution in [0.5, 0.6) is 0 Å². The monoisotopic (exact) mass is 476 g/mol. The zero-order valence-electron chi connectivity index (χ0n) is 22.0. The van der Waals surface area contributed by atoms with Gasteiger partial charge in [0.1, 0.15) is 12.1 Å². The molecule has 1 aromatic heterocycles. The van der Waals surface area contributed by atoms with Gasteiger partial charge < -0.3 is 10.2 Å². The maximum absolute atomic E-state index is 14.5. The number of piperazine rings is 1. The third kappa shape index (κ3) is 8.91. The van der Waals surface area contributed by atoms with Gasteiger partial charge in [-0.3, -0.25) is 0 Å². The minimum atomic E-state index is -0.178. The molecule has 1 aromatic carbocycles. The Morgan fingerprint density at radius 3 is 2.37 bits per heavy atom. The van der Waals surface area contributed by atoms with Gasteiger partial charge in [0.25, 0.3) is 0 Å². The molecule has 0 unspecified atom stereocenters. The molecule has 1 fully saturated rings. The van der Waals surface area contributed by atoms with Gasteiger partial charge in [0.05, 0.1) is 0 Å². The highest BCUT2D eigenvalue weighted by molar-refractivity contribution is 5.84. The Kier molecular flexibility index (Phi) is 12.7. The summed E-state index contributed by atoms with van der Waals surface area (Å²) in [5.74, 6) is -0.178. The average Bonchev–Trinajstić information content (AvgIpc) is 2.89. The first kappa shape index (κ1) is 28.2. The van der Waals surface area contributed by atoms with Crippen molar-refractivity contribution >= 4 is 5.57 Å². The normalized spacial score (nSPS) is 15.5. The summed E-state index contributed by atoms with van der Waals surface area (Å²) in [7, 11) is 0. The van der Waals surface area contributed by atoms with Crippen molar-refractivity contribution in [3.63, 3.8) is 0 Å². The Morgan fingerprint density at radius 2 is 1.77 bits per heavy atom. The highest BCUT2D eigenvalue weighted by Crippen LogP contribution is 2.33. The third-order valence-corrected chi connectivity index (χ3v) is 5.94. The van der Waals surface area contributed by atoms with Gasteiger partial charge in [-0.15, -0.1) is 0 Å². The summed E-state index contributed by atoms with van der Waals surface area (Å²) in [6, 6.07) is 7.04. The van der Waals surface area contributed by atoms with Gasteiger partial charge in [0.2, 0.25) is 0 Å². The number of allylic oxidation sites excluding steroid dienone is 8. The number of nitrogens with one attached hydrogen (secondary N) is 1. The molecule has 2 heterocycles. The highest BCUT2D eigenvalue weighted by atomic mass is 19.1. The summed E-state index contributed by atoms with van der Waals surface area (Å²) in [4.78, 5) is 10.2. The summed E-state index contributed by atoms with van der Waals surface area (Å²) >= 11 is 0. The van der Waals surface area contributed by atoms with Crippen LogP contribution < -0.4 is 5.32 Å². The second kappa shape index (κ2) is 15.8. The highest BCUT2D eigenvalue weighted by Gasteiger charge is 2.19. The van der Waals surface area contributed by atoms with Crippen molar-refractivity contribution < 1.29 is 4.39 Å². The summed E-state index contributed by atoms with van der Waals surface area (Å²) in [5, 5.41) is 3.40. The lowest BCUT2D eigenvalue weighted by Crippen LogP contribution is -2.42. The van der Waals surface area contributed by atoms with Gasteiger partial charge >= 0.3 is 0 Å². The molecule has 1 aliphatic rings. The largest absolute Gasteiger partial charge is 0.372 e. The van der Waals surface area contributed by atoms with Crippen molar-refractivity contribution in [1.82, 2.24) is 20.2 Å². The molecule has 1 saturated heterocycles. The van der Waals surface area contributed by atoms with Crippen molar-refractivity contribution in [2.75, 3.05) is 26.2 Å². The van der Waals surface area contributed by atoms with E-state index in [0.29, 0.717) is 5.56 Å². The van der Waals surface area contributed by atoms with E-state index in [0.717, 1.165) is 62.2 Å². The number of hydrogen-bond acceptors (Lipinski definition) is 4. The van der Waals surface area contributed by atoms with E-state index in [4.69, 9.17) is 0 Å². The summed E-state index contributed by atoms with van der Waals surface area (Å²) in [6.45, 7) is 14.4. The second-order valence-electron chi connectivity index (χ2n) is 8.56. The maximum Gasteiger partial charge on any atom is 0.131 e. The fourth-order valence-corrected chi connectivity index (χ4v) is 4.14. The lowest BCUT2D eigenvalue weighted by molar-refractivity contribution is 0.298. The number of halogens is 1. The number of nitrogens with zero attached hydrogens (tertiary/aromatic N) is 3. The molecule has 188 valence electrons. The fraction of sp³-hybridized carbons (Fsp3) is 0.400. The lowest BCUT2D eigenvalue weighted by Gasteiger charge is -2.33. The zero-order valence-corrected chi connectivity index (χ0v) is 22.0. The van der Waals surface area contributed by atoms with Gasteiger partial charge in [-0.2, -0.15) is 0 Å². The smallest absolute Gasteiger partial charge is 0.131 e. The van der Waals surface area contributed by atoms with E-state index in [1.807, 2.05) is 37.5 Å². The molecule has 1 aliphatic heterocycles. The van der Waals surface area contributed by atoms with E-state index in [1.54, 1.807) is 12.4 Å². The Morgan fingerprint density at radius 1 is 1.09 bits per heavy atom. The number of hydrogen-bond donors (Lipinski definition) is 1. The van der Waals surface area contributed by atoms with Crippen molar-refractivity contribution in [1.29, 1.82) is 0 Å². The second-order valence-corrected chi connectivity index (χ2v) is 8.56. The van der Waals surface area contributed by atoms with Crippen molar-refractivity contribution in [3.8, 4) is 0 Å². The van der Waals surface area contributed by atoms with Crippen LogP contribution >= 0.6 is 0 Å². The molecule has 35 heavy (non-hydrogen) atoms. The first-order valence-corrected chi connectivity index (χ1v) is 12.7. The van der Waals surface area contributed by atoms with Gasteiger partial charge in [0.15, 0.2) is 0 Å². The Labute approximate surface area is 211 Å². The van der Waals surface area contributed by atoms with E-state index in [9.17, 15) is 4.39 Å². The van der Waals surface area contributed by atoms with E-state index in [1.165, 1.54) is 17.3 Å². The molecule has 2 aromatic rings. The molecule has 1 N–H and O–H groups in total. The number of rotatable bonds is 8. The van der Waals surface area contributed by atoms with Gasteiger partial charge in [-0.1, -0.05) is 62.8 Å². The Hall–Kier alpha value is -3.05. The molecule has 0 bridgehead atoms. The Bertz CT molecular complexity index is 1020. The number of aryl methyl sites for hydroxylation is 1. The molecule has 0 radical (unpaired) electrons. The van der Waals surface area contributed by atoms with Crippen LogP contribution in [0.4, 0.5) is 4.39 Å². The Balaban J connectivity index is 0.000000402. The SMILES string of the molecule is CCCc1cncnc1.C\C=C(C(/C(C)=C\C=C\CC)=C(/C)N1CCNCC1)\c1ccccc1F. The predicted octanol–water partition coefficient (Wildman–Crippen LogP) is 6.75. The molecule has 3 rings (SSSR count). The van der Waals surface area contributed by atoms with Crippen LogP contribution in [0.15, 0.2) is 84.1 Å².